The number of rotatable bonds is 1. The van der Waals surface area contributed by atoms with Gasteiger partial charge in [0, 0.05) is 9.58 Å². The molecule has 0 radical (unpaired) electrons. The maximum Gasteiger partial charge on any atom is 0.0994 e. The second-order valence-electron chi connectivity index (χ2n) is 3.33. The van der Waals surface area contributed by atoms with Crippen molar-refractivity contribution in [1.82, 2.24) is 0 Å². The van der Waals surface area contributed by atoms with Crippen molar-refractivity contribution >= 4 is 21.4 Å². The molecule has 0 fully saturated rings. The number of hydrogen-bond acceptors (Lipinski definition) is 2. The number of benzene rings is 1. The summed E-state index contributed by atoms with van der Waals surface area (Å²) in [5, 5.41) is 10.2. The topological polar surface area (TPSA) is 23.8 Å². The van der Waals surface area contributed by atoms with Gasteiger partial charge < -0.3 is 0 Å². The first kappa shape index (κ1) is 9.23. The molecule has 0 bridgehead atoms. The van der Waals surface area contributed by atoms with Crippen LogP contribution in [-0.2, 0) is 6.42 Å². The average molecular weight is 201 g/mol. The fourth-order valence-electron chi connectivity index (χ4n) is 1.78. The summed E-state index contributed by atoms with van der Waals surface area (Å²) in [6.07, 6.45) is 0.927. The highest BCUT2D eigenvalue weighted by Gasteiger charge is 2.07. The van der Waals surface area contributed by atoms with E-state index in [1.165, 1.54) is 20.5 Å². The minimum Gasteiger partial charge on any atom is -0.192 e. The molecule has 14 heavy (non-hydrogen) atoms. The number of hydrogen-bond donors (Lipinski definition) is 0. The molecular weight excluding hydrogens is 190 g/mol. The number of nitrogens with zero attached hydrogens (tertiary/aromatic N) is 1. The van der Waals surface area contributed by atoms with E-state index >= 15 is 0 Å². The van der Waals surface area contributed by atoms with Crippen LogP contribution in [-0.4, -0.2) is 0 Å². The number of nitriles is 1. The van der Waals surface area contributed by atoms with E-state index in [4.69, 9.17) is 5.26 Å². The van der Waals surface area contributed by atoms with Gasteiger partial charge in [-0.1, -0.05) is 6.92 Å². The van der Waals surface area contributed by atoms with Gasteiger partial charge in [-0.3, -0.25) is 0 Å². The lowest BCUT2D eigenvalue weighted by atomic mass is 10.0. The Hall–Kier alpha value is -1.33. The first-order valence-electron chi connectivity index (χ1n) is 4.68. The van der Waals surface area contributed by atoms with Crippen molar-refractivity contribution in [2.24, 2.45) is 0 Å². The summed E-state index contributed by atoms with van der Waals surface area (Å²) >= 11 is 1.79. The molecular formula is C12H11NS. The van der Waals surface area contributed by atoms with Gasteiger partial charge in [0.05, 0.1) is 11.6 Å². The zero-order valence-electron chi connectivity index (χ0n) is 8.29. The zero-order chi connectivity index (χ0) is 10.1. The highest BCUT2D eigenvalue weighted by atomic mass is 32.1. The lowest BCUT2D eigenvalue weighted by Gasteiger charge is -2.01. The highest BCUT2D eigenvalue weighted by Crippen LogP contribution is 2.30. The van der Waals surface area contributed by atoms with E-state index in [1.807, 2.05) is 12.1 Å². The maximum absolute atomic E-state index is 8.97. The van der Waals surface area contributed by atoms with Gasteiger partial charge in [0.15, 0.2) is 0 Å². The van der Waals surface area contributed by atoms with Gasteiger partial charge in [-0.15, -0.1) is 11.3 Å². The van der Waals surface area contributed by atoms with Crippen LogP contribution in [0.1, 0.15) is 22.9 Å². The van der Waals surface area contributed by atoms with E-state index in [1.54, 1.807) is 11.3 Å². The Kier molecular flexibility index (Phi) is 2.26. The second kappa shape index (κ2) is 3.43. The van der Waals surface area contributed by atoms with Crippen molar-refractivity contribution < 1.29 is 0 Å². The lowest BCUT2D eigenvalue weighted by molar-refractivity contribution is 1.15. The molecule has 2 rings (SSSR count). The monoisotopic (exact) mass is 201 g/mol. The molecule has 0 saturated carbocycles. The molecule has 0 aliphatic carbocycles. The van der Waals surface area contributed by atoms with Crippen molar-refractivity contribution in [3.8, 4) is 6.07 Å². The SMILES string of the molecule is CCc1c(C#N)ccc2sc(C)cc12. The third-order valence-electron chi connectivity index (χ3n) is 2.41. The number of thiophene rings is 1. The molecule has 0 aliphatic heterocycles. The molecule has 1 aromatic heterocycles. The van der Waals surface area contributed by atoms with Crippen molar-refractivity contribution in [2.45, 2.75) is 20.3 Å². The van der Waals surface area contributed by atoms with E-state index in [0.29, 0.717) is 0 Å². The molecule has 1 heterocycles. The quantitative estimate of drug-likeness (QED) is 0.691. The largest absolute Gasteiger partial charge is 0.192 e. The van der Waals surface area contributed by atoms with Crippen molar-refractivity contribution in [3.63, 3.8) is 0 Å². The minimum absolute atomic E-state index is 0.817. The van der Waals surface area contributed by atoms with E-state index in [0.717, 1.165) is 12.0 Å². The summed E-state index contributed by atoms with van der Waals surface area (Å²) < 4.78 is 1.29. The van der Waals surface area contributed by atoms with E-state index in [2.05, 4.69) is 26.0 Å². The van der Waals surface area contributed by atoms with Gasteiger partial charge in [0.1, 0.15) is 0 Å². The van der Waals surface area contributed by atoms with E-state index in [9.17, 15) is 0 Å². The number of aryl methyl sites for hydroxylation is 2. The molecule has 0 unspecified atom stereocenters. The summed E-state index contributed by atoms with van der Waals surface area (Å²) in [5.74, 6) is 0. The van der Waals surface area contributed by atoms with Crippen LogP contribution in [0.15, 0.2) is 18.2 Å². The maximum atomic E-state index is 8.97. The van der Waals surface area contributed by atoms with Crippen molar-refractivity contribution in [3.05, 3.63) is 34.2 Å². The normalized spacial score (nSPS) is 10.4. The van der Waals surface area contributed by atoms with E-state index in [-0.39, 0.29) is 0 Å². The molecule has 0 saturated heterocycles. The molecule has 1 nitrogen and oxygen atoms in total. The summed E-state index contributed by atoms with van der Waals surface area (Å²) in [7, 11) is 0. The van der Waals surface area contributed by atoms with Crippen molar-refractivity contribution in [2.75, 3.05) is 0 Å². The van der Waals surface area contributed by atoms with E-state index < -0.39 is 0 Å². The third kappa shape index (κ3) is 1.30. The van der Waals surface area contributed by atoms with Crippen LogP contribution in [0.4, 0.5) is 0 Å². The van der Waals surface area contributed by atoms with Crippen LogP contribution in [0.5, 0.6) is 0 Å². The Morgan fingerprint density at radius 2 is 2.21 bits per heavy atom. The standard InChI is InChI=1S/C12H11NS/c1-3-10-9(7-13)4-5-12-11(10)6-8(2)14-12/h4-6H,3H2,1-2H3. The Morgan fingerprint density at radius 3 is 2.86 bits per heavy atom. The van der Waals surface area contributed by atoms with Gasteiger partial charge in [-0.2, -0.15) is 5.26 Å². The predicted molar refractivity (Wildman–Crippen MR) is 60.7 cm³/mol. The van der Waals surface area contributed by atoms with Gasteiger partial charge >= 0.3 is 0 Å². The van der Waals surface area contributed by atoms with Crippen LogP contribution in [0.25, 0.3) is 10.1 Å². The number of fused-ring (bicyclic) bond motifs is 1. The first-order valence-corrected chi connectivity index (χ1v) is 5.50. The smallest absolute Gasteiger partial charge is 0.0994 e. The van der Waals surface area contributed by atoms with Crippen LogP contribution in [0.3, 0.4) is 0 Å². The summed E-state index contributed by atoms with van der Waals surface area (Å²) in [4.78, 5) is 1.31. The average Bonchev–Trinajstić information content (AvgIpc) is 2.56. The Balaban J connectivity index is 2.84. The van der Waals surface area contributed by atoms with Crippen LogP contribution in [0.2, 0.25) is 0 Å². The van der Waals surface area contributed by atoms with Crippen LogP contribution in [0, 0.1) is 18.3 Å². The first-order chi connectivity index (χ1) is 6.76. The van der Waals surface area contributed by atoms with Gasteiger partial charge in [-0.25, -0.2) is 0 Å². The molecule has 0 spiro atoms. The molecule has 70 valence electrons. The molecule has 2 aromatic rings. The van der Waals surface area contributed by atoms with Crippen molar-refractivity contribution in [1.29, 1.82) is 5.26 Å². The Labute approximate surface area is 87.6 Å². The molecule has 0 aliphatic rings. The highest BCUT2D eigenvalue weighted by molar-refractivity contribution is 7.19. The summed E-state index contributed by atoms with van der Waals surface area (Å²) in [6.45, 7) is 4.21. The fourth-order valence-corrected chi connectivity index (χ4v) is 2.73. The van der Waals surface area contributed by atoms with Gasteiger partial charge in [0.25, 0.3) is 0 Å². The van der Waals surface area contributed by atoms with Gasteiger partial charge in [0.2, 0.25) is 0 Å². The predicted octanol–water partition coefficient (Wildman–Crippen LogP) is 3.64. The van der Waals surface area contributed by atoms with Gasteiger partial charge in [-0.05, 0) is 42.5 Å². The zero-order valence-corrected chi connectivity index (χ0v) is 9.11. The molecule has 1 aromatic carbocycles. The Bertz CT molecular complexity index is 517. The third-order valence-corrected chi connectivity index (χ3v) is 3.43. The van der Waals surface area contributed by atoms with Crippen LogP contribution >= 0.6 is 11.3 Å². The summed E-state index contributed by atoms with van der Waals surface area (Å²) in [6, 6.07) is 8.41. The molecule has 0 atom stereocenters. The summed E-state index contributed by atoms with van der Waals surface area (Å²) in [5.41, 5.74) is 2.01. The molecule has 0 amide bonds. The minimum atomic E-state index is 0.817. The molecule has 0 N–H and O–H groups in total. The molecule has 2 heteroatoms. The lowest BCUT2D eigenvalue weighted by Crippen LogP contribution is -1.87. The van der Waals surface area contributed by atoms with Crippen LogP contribution < -0.4 is 0 Å². The Morgan fingerprint density at radius 1 is 1.43 bits per heavy atom. The fraction of sp³-hybridized carbons (Fsp3) is 0.250. The second-order valence-corrected chi connectivity index (χ2v) is 4.61.